The fourth-order valence-corrected chi connectivity index (χ4v) is 2.98. The molecule has 2 aromatic rings. The fourth-order valence-electron chi connectivity index (χ4n) is 2.98. The number of benzene rings is 1. The van der Waals surface area contributed by atoms with Crippen molar-refractivity contribution in [3.63, 3.8) is 0 Å². The first-order chi connectivity index (χ1) is 11.0. The Morgan fingerprint density at radius 3 is 2.52 bits per heavy atom. The third-order valence-corrected chi connectivity index (χ3v) is 4.35. The smallest absolute Gasteiger partial charge is 0.278 e. The highest BCUT2D eigenvalue weighted by Gasteiger charge is 2.28. The molecule has 0 aliphatic carbocycles. The first kappa shape index (κ1) is 15.2. The lowest BCUT2D eigenvalue weighted by atomic mass is 9.96. The second-order valence-corrected chi connectivity index (χ2v) is 5.79. The highest BCUT2D eigenvalue weighted by Crippen LogP contribution is 2.18. The largest absolute Gasteiger partial charge is 0.369 e. The summed E-state index contributed by atoms with van der Waals surface area (Å²) >= 11 is 0. The van der Waals surface area contributed by atoms with Gasteiger partial charge in [-0.3, -0.25) is 19.1 Å². The van der Waals surface area contributed by atoms with Gasteiger partial charge in [-0.05, 0) is 25.0 Å². The molecular weight excluding hydrogens is 296 g/mol. The molecule has 1 saturated heterocycles. The van der Waals surface area contributed by atoms with Crippen molar-refractivity contribution in [1.82, 2.24) is 14.7 Å². The van der Waals surface area contributed by atoms with Gasteiger partial charge in [0.05, 0.1) is 5.52 Å². The third kappa shape index (κ3) is 2.69. The molecule has 7 heteroatoms. The van der Waals surface area contributed by atoms with Gasteiger partial charge in [-0.25, -0.2) is 0 Å². The zero-order valence-electron chi connectivity index (χ0n) is 12.9. The minimum absolute atomic E-state index is 0.0799. The van der Waals surface area contributed by atoms with Gasteiger partial charge in [0.25, 0.3) is 5.91 Å². The zero-order valence-corrected chi connectivity index (χ0v) is 12.9. The van der Waals surface area contributed by atoms with Crippen molar-refractivity contribution in [2.75, 3.05) is 13.1 Å². The van der Waals surface area contributed by atoms with E-state index in [1.807, 2.05) is 6.07 Å². The number of rotatable bonds is 2. The number of nitrogens with two attached hydrogens (primary N) is 1. The van der Waals surface area contributed by atoms with Crippen LogP contribution >= 0.6 is 0 Å². The van der Waals surface area contributed by atoms with Gasteiger partial charge in [0.1, 0.15) is 0 Å². The van der Waals surface area contributed by atoms with Crippen LogP contribution in [0.25, 0.3) is 10.9 Å². The number of hydrogen-bond donors (Lipinski definition) is 1. The Hall–Kier alpha value is -2.70. The van der Waals surface area contributed by atoms with Gasteiger partial charge in [0.2, 0.25) is 11.3 Å². The Morgan fingerprint density at radius 2 is 1.87 bits per heavy atom. The summed E-state index contributed by atoms with van der Waals surface area (Å²) in [7, 11) is 1.71. The van der Waals surface area contributed by atoms with Crippen LogP contribution in [-0.2, 0) is 11.8 Å². The highest BCUT2D eigenvalue weighted by molar-refractivity contribution is 5.95. The summed E-state index contributed by atoms with van der Waals surface area (Å²) in [5, 5.41) is 4.62. The Kier molecular flexibility index (Phi) is 3.85. The minimum Gasteiger partial charge on any atom is -0.369 e. The molecule has 0 unspecified atom stereocenters. The van der Waals surface area contributed by atoms with E-state index in [1.54, 1.807) is 34.8 Å². The van der Waals surface area contributed by atoms with Crippen LogP contribution in [0.15, 0.2) is 29.1 Å². The molecule has 0 saturated carbocycles. The van der Waals surface area contributed by atoms with E-state index in [0.29, 0.717) is 36.8 Å². The van der Waals surface area contributed by atoms with E-state index in [0.717, 1.165) is 0 Å². The molecular formula is C16H18N4O3. The lowest BCUT2D eigenvalue weighted by Crippen LogP contribution is -2.43. The zero-order chi connectivity index (χ0) is 16.6. The number of nitrogens with zero attached hydrogens (tertiary/aromatic N) is 3. The van der Waals surface area contributed by atoms with E-state index in [2.05, 4.69) is 5.10 Å². The summed E-state index contributed by atoms with van der Waals surface area (Å²) in [6.45, 7) is 0.814. The maximum absolute atomic E-state index is 12.6. The molecule has 0 bridgehead atoms. The van der Waals surface area contributed by atoms with Crippen LogP contribution in [-0.4, -0.2) is 39.6 Å². The summed E-state index contributed by atoms with van der Waals surface area (Å²) in [5.41, 5.74) is 5.54. The van der Waals surface area contributed by atoms with Crippen molar-refractivity contribution in [2.24, 2.45) is 18.7 Å². The van der Waals surface area contributed by atoms with Gasteiger partial charge in [-0.15, -0.1) is 0 Å². The number of para-hydroxylation sites is 1. The summed E-state index contributed by atoms with van der Waals surface area (Å²) in [6.07, 6.45) is 1.05. The number of aromatic nitrogens is 2. The number of carbonyl (C=O) groups excluding carboxylic acids is 2. The Labute approximate surface area is 132 Å². The second kappa shape index (κ2) is 5.83. The second-order valence-electron chi connectivity index (χ2n) is 5.79. The van der Waals surface area contributed by atoms with E-state index in [-0.39, 0.29) is 28.9 Å². The quantitative estimate of drug-likeness (QED) is 0.860. The molecule has 0 atom stereocenters. The third-order valence-electron chi connectivity index (χ3n) is 4.35. The van der Waals surface area contributed by atoms with Gasteiger partial charge in [0.15, 0.2) is 5.69 Å². The lowest BCUT2D eigenvalue weighted by molar-refractivity contribution is -0.123. The number of likely N-dealkylation sites (tertiary alicyclic amines) is 1. The average molecular weight is 314 g/mol. The number of primary amides is 1. The predicted molar refractivity (Wildman–Crippen MR) is 84.8 cm³/mol. The highest BCUT2D eigenvalue weighted by atomic mass is 16.2. The van der Waals surface area contributed by atoms with Gasteiger partial charge in [-0.1, -0.05) is 12.1 Å². The molecule has 2 heterocycles. The fraction of sp³-hybridized carbons (Fsp3) is 0.375. The van der Waals surface area contributed by atoms with Crippen molar-refractivity contribution in [1.29, 1.82) is 0 Å². The van der Waals surface area contributed by atoms with E-state index in [1.165, 1.54) is 0 Å². The van der Waals surface area contributed by atoms with Gasteiger partial charge in [0, 0.05) is 31.4 Å². The molecule has 1 aromatic heterocycles. The molecule has 2 amide bonds. The van der Waals surface area contributed by atoms with E-state index in [4.69, 9.17) is 5.73 Å². The van der Waals surface area contributed by atoms with Crippen LogP contribution in [0.1, 0.15) is 23.3 Å². The van der Waals surface area contributed by atoms with Crippen LogP contribution in [0.4, 0.5) is 0 Å². The number of fused-ring (bicyclic) bond motifs is 1. The molecule has 1 aliphatic heterocycles. The van der Waals surface area contributed by atoms with Crippen LogP contribution in [0.3, 0.4) is 0 Å². The molecule has 23 heavy (non-hydrogen) atoms. The van der Waals surface area contributed by atoms with Gasteiger partial charge >= 0.3 is 0 Å². The SMILES string of the molecule is Cn1nc(C(=O)N2CCC(C(N)=O)CC2)c(=O)c2ccccc21. The summed E-state index contributed by atoms with van der Waals surface area (Å²) in [6, 6.07) is 7.06. The van der Waals surface area contributed by atoms with Crippen LogP contribution < -0.4 is 11.2 Å². The number of amides is 2. The van der Waals surface area contributed by atoms with E-state index < -0.39 is 0 Å². The lowest BCUT2D eigenvalue weighted by Gasteiger charge is -2.30. The van der Waals surface area contributed by atoms with E-state index in [9.17, 15) is 14.4 Å². The number of aryl methyl sites for hydroxylation is 1. The predicted octanol–water partition coefficient (Wildman–Crippen LogP) is 0.271. The normalized spacial score (nSPS) is 15.8. The molecule has 0 radical (unpaired) electrons. The Balaban J connectivity index is 1.92. The average Bonchev–Trinajstić information content (AvgIpc) is 2.57. The molecule has 0 spiro atoms. The number of carbonyl (C=O) groups is 2. The molecule has 3 rings (SSSR count). The van der Waals surface area contributed by atoms with Gasteiger partial charge < -0.3 is 10.6 Å². The molecule has 7 nitrogen and oxygen atoms in total. The van der Waals surface area contributed by atoms with Crippen LogP contribution in [0.5, 0.6) is 0 Å². The summed E-state index contributed by atoms with van der Waals surface area (Å²) in [4.78, 5) is 37.9. The molecule has 1 aromatic carbocycles. The Morgan fingerprint density at radius 1 is 1.22 bits per heavy atom. The van der Waals surface area contributed by atoms with Crippen molar-refractivity contribution >= 4 is 22.7 Å². The van der Waals surface area contributed by atoms with Gasteiger partial charge in [-0.2, -0.15) is 5.10 Å². The van der Waals surface area contributed by atoms with Crippen molar-refractivity contribution in [2.45, 2.75) is 12.8 Å². The molecule has 120 valence electrons. The van der Waals surface area contributed by atoms with Crippen LogP contribution in [0.2, 0.25) is 0 Å². The van der Waals surface area contributed by atoms with Crippen molar-refractivity contribution in [3.8, 4) is 0 Å². The Bertz CT molecular complexity index is 835. The first-order valence-corrected chi connectivity index (χ1v) is 7.53. The maximum Gasteiger partial charge on any atom is 0.278 e. The van der Waals surface area contributed by atoms with Crippen molar-refractivity contribution in [3.05, 3.63) is 40.2 Å². The maximum atomic E-state index is 12.6. The first-order valence-electron chi connectivity index (χ1n) is 7.53. The minimum atomic E-state index is -0.390. The standard InChI is InChI=1S/C16H18N4O3/c1-19-12-5-3-2-4-11(12)14(21)13(18-19)16(23)20-8-6-10(7-9-20)15(17)22/h2-5,10H,6-9H2,1H3,(H2,17,22). The monoisotopic (exact) mass is 314 g/mol. The molecule has 1 aliphatic rings. The molecule has 2 N–H and O–H groups in total. The molecule has 1 fully saturated rings. The van der Waals surface area contributed by atoms with Crippen molar-refractivity contribution < 1.29 is 9.59 Å². The number of hydrogen-bond acceptors (Lipinski definition) is 4. The summed E-state index contributed by atoms with van der Waals surface area (Å²) in [5.74, 6) is -0.928. The number of piperidine rings is 1. The topological polar surface area (TPSA) is 98.3 Å². The van der Waals surface area contributed by atoms with E-state index >= 15 is 0 Å². The van der Waals surface area contributed by atoms with Crippen LogP contribution in [0, 0.1) is 5.92 Å². The summed E-state index contributed by atoms with van der Waals surface area (Å²) < 4.78 is 1.54.